The van der Waals surface area contributed by atoms with Gasteiger partial charge >= 0.3 is 0 Å². The molecule has 1 aromatic heterocycles. The Balaban J connectivity index is 1.50. The Morgan fingerprint density at radius 3 is 2.80 bits per heavy atom. The zero-order valence-electron chi connectivity index (χ0n) is 18.0. The van der Waals surface area contributed by atoms with Crippen molar-refractivity contribution >= 4 is 5.91 Å². The molecule has 2 aromatic rings. The maximum Gasteiger partial charge on any atom is 0.219 e. The Labute approximate surface area is 178 Å². The number of benzene rings is 1. The van der Waals surface area contributed by atoms with Crippen molar-refractivity contribution in [2.24, 2.45) is 5.92 Å². The fourth-order valence-corrected chi connectivity index (χ4v) is 4.39. The summed E-state index contributed by atoms with van der Waals surface area (Å²) < 4.78 is 11.9. The molecule has 160 valence electrons. The van der Waals surface area contributed by atoms with E-state index in [0.29, 0.717) is 19.0 Å². The molecule has 0 spiro atoms. The number of hydrogen-bond acceptors (Lipinski definition) is 6. The third-order valence-electron chi connectivity index (χ3n) is 6.06. The summed E-state index contributed by atoms with van der Waals surface area (Å²) in [4.78, 5) is 25.3. The first-order valence-electron chi connectivity index (χ1n) is 10.6. The lowest BCUT2D eigenvalue weighted by Gasteiger charge is -2.37. The second kappa shape index (κ2) is 9.00. The highest BCUT2D eigenvalue weighted by Gasteiger charge is 2.33. The Hall–Kier alpha value is -2.67. The number of amides is 1. The number of carbonyl (C=O) groups is 1. The van der Waals surface area contributed by atoms with Crippen LogP contribution in [0.3, 0.4) is 0 Å². The van der Waals surface area contributed by atoms with Crippen LogP contribution >= 0.6 is 0 Å². The zero-order chi connectivity index (χ0) is 21.1. The largest absolute Gasteiger partial charge is 0.497 e. The SMILES string of the molecule is COc1ccc2c(c1)CN(C(C)=O)C[C@H]([C@H]1CCCN(Cc3cnc(C)nc3)C1)O2. The lowest BCUT2D eigenvalue weighted by Crippen LogP contribution is -2.46. The molecule has 1 fully saturated rings. The van der Waals surface area contributed by atoms with Crippen LogP contribution in [0.2, 0.25) is 0 Å². The molecule has 7 heteroatoms. The van der Waals surface area contributed by atoms with Crippen LogP contribution < -0.4 is 9.47 Å². The number of likely N-dealkylation sites (tertiary alicyclic amines) is 1. The minimum absolute atomic E-state index is 0.0272. The smallest absolute Gasteiger partial charge is 0.219 e. The van der Waals surface area contributed by atoms with Gasteiger partial charge in [-0.15, -0.1) is 0 Å². The second-order valence-electron chi connectivity index (χ2n) is 8.31. The quantitative estimate of drug-likeness (QED) is 0.772. The minimum atomic E-state index is -0.0272. The number of nitrogens with zero attached hydrogens (tertiary/aromatic N) is 4. The summed E-state index contributed by atoms with van der Waals surface area (Å²) >= 11 is 0. The molecule has 2 aliphatic rings. The number of piperidine rings is 1. The lowest BCUT2D eigenvalue weighted by atomic mass is 9.91. The predicted octanol–water partition coefficient (Wildman–Crippen LogP) is 2.82. The molecule has 4 rings (SSSR count). The topological polar surface area (TPSA) is 67.8 Å². The number of aromatic nitrogens is 2. The van der Waals surface area contributed by atoms with Crippen molar-refractivity contribution in [3.8, 4) is 11.5 Å². The summed E-state index contributed by atoms with van der Waals surface area (Å²) in [5.41, 5.74) is 2.13. The number of aryl methyl sites for hydroxylation is 1. The van der Waals surface area contributed by atoms with E-state index in [0.717, 1.165) is 60.9 Å². The summed E-state index contributed by atoms with van der Waals surface area (Å²) in [7, 11) is 1.65. The maximum atomic E-state index is 12.3. The van der Waals surface area contributed by atoms with Gasteiger partial charge in [0.05, 0.1) is 13.7 Å². The Kier molecular flexibility index (Phi) is 6.18. The molecular formula is C23H30N4O3. The number of methoxy groups -OCH3 is 1. The molecule has 1 aromatic carbocycles. The van der Waals surface area contributed by atoms with Gasteiger partial charge in [-0.2, -0.15) is 0 Å². The van der Waals surface area contributed by atoms with Crippen molar-refractivity contribution < 1.29 is 14.3 Å². The van der Waals surface area contributed by atoms with Crippen molar-refractivity contribution in [3.63, 3.8) is 0 Å². The molecular weight excluding hydrogens is 380 g/mol. The Bertz CT molecular complexity index is 887. The summed E-state index contributed by atoms with van der Waals surface area (Å²) in [5, 5.41) is 0. The fraction of sp³-hybridized carbons (Fsp3) is 0.522. The highest BCUT2D eigenvalue weighted by atomic mass is 16.5. The van der Waals surface area contributed by atoms with Gasteiger partial charge in [-0.05, 0) is 44.5 Å². The third kappa shape index (κ3) is 4.73. The van der Waals surface area contributed by atoms with Crippen LogP contribution in [0.1, 0.15) is 36.7 Å². The molecule has 0 aliphatic carbocycles. The Morgan fingerprint density at radius 2 is 2.07 bits per heavy atom. The normalized spacial score (nSPS) is 22.0. The zero-order valence-corrected chi connectivity index (χ0v) is 18.0. The molecule has 0 unspecified atom stereocenters. The van der Waals surface area contributed by atoms with Gasteiger partial charge in [-0.1, -0.05) is 0 Å². The number of rotatable bonds is 4. The molecule has 3 heterocycles. The highest BCUT2D eigenvalue weighted by Crippen LogP contribution is 2.33. The number of fused-ring (bicyclic) bond motifs is 1. The van der Waals surface area contributed by atoms with Crippen molar-refractivity contribution in [1.82, 2.24) is 19.8 Å². The van der Waals surface area contributed by atoms with Gasteiger partial charge in [0.25, 0.3) is 0 Å². The van der Waals surface area contributed by atoms with Gasteiger partial charge in [0.1, 0.15) is 23.4 Å². The molecule has 1 saturated heterocycles. The highest BCUT2D eigenvalue weighted by molar-refractivity contribution is 5.73. The molecule has 0 radical (unpaired) electrons. The number of ether oxygens (including phenoxy) is 2. The summed E-state index contributed by atoms with van der Waals surface area (Å²) in [6.07, 6.45) is 6.01. The van der Waals surface area contributed by atoms with E-state index in [2.05, 4.69) is 14.9 Å². The molecule has 0 bridgehead atoms. The first-order chi connectivity index (χ1) is 14.5. The van der Waals surface area contributed by atoms with Crippen molar-refractivity contribution in [3.05, 3.63) is 47.5 Å². The van der Waals surface area contributed by atoms with Gasteiger partial charge in [0, 0.05) is 56.0 Å². The van der Waals surface area contributed by atoms with Gasteiger partial charge in [0.2, 0.25) is 5.91 Å². The third-order valence-corrected chi connectivity index (χ3v) is 6.06. The standard InChI is InChI=1S/C23H30N4O3/c1-16-24-10-18(11-25-16)12-26-8-4-5-19(13-26)23-15-27(17(2)28)14-20-9-21(29-3)6-7-22(20)30-23/h6-7,9-11,19,23H,4-5,8,12-15H2,1-3H3/t19-,23+/m0/s1. The van der Waals surface area contributed by atoms with E-state index in [1.165, 1.54) is 0 Å². The molecule has 0 saturated carbocycles. The average Bonchev–Trinajstić information content (AvgIpc) is 2.95. The minimum Gasteiger partial charge on any atom is -0.497 e. The van der Waals surface area contributed by atoms with Crippen LogP contribution in [-0.2, 0) is 17.9 Å². The van der Waals surface area contributed by atoms with Crippen LogP contribution in [0.15, 0.2) is 30.6 Å². The average molecular weight is 411 g/mol. The van der Waals surface area contributed by atoms with E-state index in [9.17, 15) is 4.79 Å². The van der Waals surface area contributed by atoms with Gasteiger partial charge in [0.15, 0.2) is 0 Å². The van der Waals surface area contributed by atoms with Crippen molar-refractivity contribution in [2.45, 2.75) is 45.9 Å². The van der Waals surface area contributed by atoms with Crippen LogP contribution in [0, 0.1) is 12.8 Å². The van der Waals surface area contributed by atoms with E-state index in [-0.39, 0.29) is 12.0 Å². The first-order valence-corrected chi connectivity index (χ1v) is 10.6. The maximum absolute atomic E-state index is 12.3. The Morgan fingerprint density at radius 1 is 1.27 bits per heavy atom. The lowest BCUT2D eigenvalue weighted by molar-refractivity contribution is -0.130. The summed E-state index contributed by atoms with van der Waals surface area (Å²) in [6.45, 7) is 7.53. The van der Waals surface area contributed by atoms with Crippen LogP contribution in [0.5, 0.6) is 11.5 Å². The van der Waals surface area contributed by atoms with E-state index >= 15 is 0 Å². The van der Waals surface area contributed by atoms with E-state index < -0.39 is 0 Å². The van der Waals surface area contributed by atoms with Crippen LogP contribution in [0.25, 0.3) is 0 Å². The van der Waals surface area contributed by atoms with Crippen molar-refractivity contribution in [2.75, 3.05) is 26.7 Å². The van der Waals surface area contributed by atoms with Gasteiger partial charge in [-0.3, -0.25) is 9.69 Å². The number of hydrogen-bond donors (Lipinski definition) is 0. The summed E-state index contributed by atoms with van der Waals surface area (Å²) in [6, 6.07) is 5.86. The monoisotopic (exact) mass is 410 g/mol. The number of carbonyl (C=O) groups excluding carboxylic acids is 1. The molecule has 1 amide bonds. The predicted molar refractivity (Wildman–Crippen MR) is 113 cm³/mol. The molecule has 30 heavy (non-hydrogen) atoms. The van der Waals surface area contributed by atoms with E-state index in [4.69, 9.17) is 9.47 Å². The van der Waals surface area contributed by atoms with E-state index in [1.807, 2.05) is 42.4 Å². The van der Waals surface area contributed by atoms with Crippen molar-refractivity contribution in [1.29, 1.82) is 0 Å². The van der Waals surface area contributed by atoms with Crippen LogP contribution in [-0.4, -0.2) is 58.5 Å². The van der Waals surface area contributed by atoms with Gasteiger partial charge in [-0.25, -0.2) is 9.97 Å². The molecule has 0 N–H and O–H groups in total. The molecule has 2 aliphatic heterocycles. The van der Waals surface area contributed by atoms with Gasteiger partial charge < -0.3 is 14.4 Å². The second-order valence-corrected chi connectivity index (χ2v) is 8.31. The molecule has 7 nitrogen and oxygen atoms in total. The van der Waals surface area contributed by atoms with E-state index in [1.54, 1.807) is 14.0 Å². The first kappa shape index (κ1) is 20.6. The molecule has 2 atom stereocenters. The van der Waals surface area contributed by atoms with Crippen LogP contribution in [0.4, 0.5) is 0 Å². The summed E-state index contributed by atoms with van der Waals surface area (Å²) in [5.74, 6) is 2.86. The fourth-order valence-electron chi connectivity index (χ4n) is 4.39.